The average molecular weight is 365 g/mol. The first kappa shape index (κ1) is 15.7. The summed E-state index contributed by atoms with van der Waals surface area (Å²) in [4.78, 5) is 9.64. The molecule has 4 rings (SSSR count). The summed E-state index contributed by atoms with van der Waals surface area (Å²) in [5, 5.41) is 8.01. The Morgan fingerprint density at radius 3 is 2.64 bits per heavy atom. The molecule has 2 heterocycles. The molecule has 4 nitrogen and oxygen atoms in total. The van der Waals surface area contributed by atoms with Crippen LogP contribution in [0.4, 0.5) is 5.82 Å². The zero-order chi connectivity index (χ0) is 17.1. The van der Waals surface area contributed by atoms with Crippen LogP contribution in [0.15, 0.2) is 71.4 Å². The Morgan fingerprint density at radius 2 is 1.80 bits per heavy atom. The lowest BCUT2D eigenvalue weighted by molar-refractivity contribution is 1.19. The van der Waals surface area contributed by atoms with Gasteiger partial charge in [0.25, 0.3) is 0 Å². The quantitative estimate of drug-likeness (QED) is 0.386. The van der Waals surface area contributed by atoms with Crippen molar-refractivity contribution in [2.24, 2.45) is 5.10 Å². The Hall–Kier alpha value is -2.76. The highest BCUT2D eigenvalue weighted by molar-refractivity contribution is 7.17. The van der Waals surface area contributed by atoms with Gasteiger partial charge in [-0.15, -0.1) is 11.3 Å². The summed E-state index contributed by atoms with van der Waals surface area (Å²) < 4.78 is 0. The minimum Gasteiger partial charge on any atom is -0.261 e. The lowest BCUT2D eigenvalue weighted by Crippen LogP contribution is -1.95. The first-order valence-corrected chi connectivity index (χ1v) is 8.90. The van der Waals surface area contributed by atoms with E-state index in [1.54, 1.807) is 23.9 Å². The van der Waals surface area contributed by atoms with Gasteiger partial charge >= 0.3 is 0 Å². The van der Waals surface area contributed by atoms with E-state index < -0.39 is 0 Å². The molecule has 0 amide bonds. The van der Waals surface area contributed by atoms with Crippen molar-refractivity contribution in [3.05, 3.63) is 76.9 Å². The number of thiophene rings is 1. The largest absolute Gasteiger partial charge is 0.261 e. The molecule has 0 atom stereocenters. The Bertz CT molecular complexity index is 1040. The number of hydrogen-bond donors (Lipinski definition) is 1. The summed E-state index contributed by atoms with van der Waals surface area (Å²) in [7, 11) is 0. The molecular weight excluding hydrogens is 352 g/mol. The molecule has 0 aliphatic heterocycles. The van der Waals surface area contributed by atoms with Gasteiger partial charge in [0.2, 0.25) is 0 Å². The first-order valence-electron chi connectivity index (χ1n) is 7.64. The van der Waals surface area contributed by atoms with Gasteiger partial charge in [0.05, 0.1) is 11.6 Å². The number of anilines is 1. The summed E-state index contributed by atoms with van der Waals surface area (Å²) in [6.07, 6.45) is 3.23. The van der Waals surface area contributed by atoms with Gasteiger partial charge in [-0.3, -0.25) is 5.43 Å². The van der Waals surface area contributed by atoms with Gasteiger partial charge in [-0.1, -0.05) is 60.1 Å². The number of nitrogens with one attached hydrogen (secondary N) is 1. The smallest absolute Gasteiger partial charge is 0.159 e. The fourth-order valence-electron chi connectivity index (χ4n) is 2.53. The lowest BCUT2D eigenvalue weighted by Gasteiger charge is -2.04. The van der Waals surface area contributed by atoms with E-state index in [9.17, 15) is 0 Å². The van der Waals surface area contributed by atoms with Crippen LogP contribution >= 0.6 is 22.9 Å². The molecular formula is C19H13ClN4S. The maximum Gasteiger partial charge on any atom is 0.159 e. The summed E-state index contributed by atoms with van der Waals surface area (Å²) in [6, 6.07) is 17.7. The molecule has 4 aromatic rings. The van der Waals surface area contributed by atoms with E-state index in [2.05, 4.69) is 38.0 Å². The van der Waals surface area contributed by atoms with Crippen LogP contribution in [-0.2, 0) is 0 Å². The van der Waals surface area contributed by atoms with Gasteiger partial charge in [0, 0.05) is 21.5 Å². The highest BCUT2D eigenvalue weighted by Gasteiger charge is 2.12. The third kappa shape index (κ3) is 3.24. The minimum absolute atomic E-state index is 0.654. The molecule has 0 saturated heterocycles. The number of halogens is 1. The van der Waals surface area contributed by atoms with Crippen molar-refractivity contribution in [1.29, 1.82) is 0 Å². The Labute approximate surface area is 153 Å². The minimum atomic E-state index is 0.654. The summed E-state index contributed by atoms with van der Waals surface area (Å²) in [5.74, 6) is 0.674. The van der Waals surface area contributed by atoms with E-state index in [0.29, 0.717) is 10.8 Å². The second kappa shape index (κ2) is 7.01. The molecule has 6 heteroatoms. The number of nitrogens with zero attached hydrogens (tertiary/aromatic N) is 3. The van der Waals surface area contributed by atoms with Gasteiger partial charge in [-0.05, 0) is 11.6 Å². The fraction of sp³-hybridized carbons (Fsp3) is 0. The van der Waals surface area contributed by atoms with E-state index in [1.807, 2.05) is 42.5 Å². The molecule has 1 N–H and O–H groups in total. The fourth-order valence-corrected chi connectivity index (χ4v) is 3.63. The molecule has 0 bridgehead atoms. The van der Waals surface area contributed by atoms with Crippen LogP contribution in [0.5, 0.6) is 0 Å². The van der Waals surface area contributed by atoms with E-state index in [0.717, 1.165) is 26.9 Å². The van der Waals surface area contributed by atoms with Crippen molar-refractivity contribution in [1.82, 2.24) is 9.97 Å². The van der Waals surface area contributed by atoms with Crippen molar-refractivity contribution in [3.63, 3.8) is 0 Å². The van der Waals surface area contributed by atoms with E-state index >= 15 is 0 Å². The second-order valence-electron chi connectivity index (χ2n) is 5.31. The van der Waals surface area contributed by atoms with Crippen molar-refractivity contribution >= 4 is 45.2 Å². The maximum atomic E-state index is 6.15. The number of aromatic nitrogens is 2. The van der Waals surface area contributed by atoms with Crippen LogP contribution in [0.3, 0.4) is 0 Å². The third-order valence-corrected chi connectivity index (χ3v) is 4.96. The molecule has 0 unspecified atom stereocenters. The van der Waals surface area contributed by atoms with Crippen molar-refractivity contribution in [2.75, 3.05) is 5.43 Å². The van der Waals surface area contributed by atoms with Crippen LogP contribution in [-0.4, -0.2) is 16.2 Å². The standard InChI is InChI=1S/C19H13ClN4S/c20-16-9-5-4-8-14(16)10-23-24-18-17-15(13-6-2-1-3-7-13)11-25-19(17)22-12-21-18/h1-12H,(H,21,22,24)/b23-10+. The molecule has 2 aromatic carbocycles. The topological polar surface area (TPSA) is 50.2 Å². The lowest BCUT2D eigenvalue weighted by atomic mass is 10.1. The van der Waals surface area contributed by atoms with Crippen molar-refractivity contribution in [3.8, 4) is 11.1 Å². The van der Waals surface area contributed by atoms with Gasteiger partial charge in [0.15, 0.2) is 5.82 Å². The summed E-state index contributed by atoms with van der Waals surface area (Å²) in [5.41, 5.74) is 6.09. The highest BCUT2D eigenvalue weighted by atomic mass is 35.5. The predicted molar refractivity (Wildman–Crippen MR) is 106 cm³/mol. The molecule has 0 saturated carbocycles. The molecule has 0 aliphatic rings. The Morgan fingerprint density at radius 1 is 1.00 bits per heavy atom. The van der Waals surface area contributed by atoms with Gasteiger partial charge in [-0.2, -0.15) is 5.10 Å². The summed E-state index contributed by atoms with van der Waals surface area (Å²) in [6.45, 7) is 0. The molecule has 0 spiro atoms. The van der Waals surface area contributed by atoms with Crippen LogP contribution in [0, 0.1) is 0 Å². The Kier molecular flexibility index (Phi) is 4.41. The summed E-state index contributed by atoms with van der Waals surface area (Å²) >= 11 is 7.74. The van der Waals surface area contributed by atoms with E-state index in [-0.39, 0.29) is 0 Å². The van der Waals surface area contributed by atoms with E-state index in [1.165, 1.54) is 0 Å². The molecule has 0 aliphatic carbocycles. The van der Waals surface area contributed by atoms with E-state index in [4.69, 9.17) is 11.6 Å². The number of hydrogen-bond acceptors (Lipinski definition) is 5. The molecule has 25 heavy (non-hydrogen) atoms. The maximum absolute atomic E-state index is 6.15. The molecule has 0 fully saturated rings. The molecule has 0 radical (unpaired) electrons. The highest BCUT2D eigenvalue weighted by Crippen LogP contribution is 2.36. The molecule has 2 aromatic heterocycles. The average Bonchev–Trinajstić information content (AvgIpc) is 3.09. The number of hydrazone groups is 1. The monoisotopic (exact) mass is 364 g/mol. The zero-order valence-electron chi connectivity index (χ0n) is 13.1. The van der Waals surface area contributed by atoms with Crippen LogP contribution in [0.2, 0.25) is 5.02 Å². The molecule has 122 valence electrons. The zero-order valence-corrected chi connectivity index (χ0v) is 14.6. The van der Waals surface area contributed by atoms with Gasteiger partial charge in [0.1, 0.15) is 11.2 Å². The van der Waals surface area contributed by atoms with Crippen LogP contribution in [0.25, 0.3) is 21.3 Å². The predicted octanol–water partition coefficient (Wildman–Crippen LogP) is 5.46. The number of benzene rings is 2. The SMILES string of the molecule is Clc1ccccc1/C=N/Nc1ncnc2scc(-c3ccccc3)c12. The number of rotatable bonds is 4. The van der Waals surface area contributed by atoms with Crippen LogP contribution in [0.1, 0.15) is 5.56 Å². The number of fused-ring (bicyclic) bond motifs is 1. The first-order chi connectivity index (χ1) is 12.3. The van der Waals surface area contributed by atoms with Crippen molar-refractivity contribution < 1.29 is 0 Å². The van der Waals surface area contributed by atoms with Crippen LogP contribution < -0.4 is 5.43 Å². The Balaban J connectivity index is 1.70. The van der Waals surface area contributed by atoms with Gasteiger partial charge < -0.3 is 0 Å². The third-order valence-electron chi connectivity index (χ3n) is 3.73. The van der Waals surface area contributed by atoms with Gasteiger partial charge in [-0.25, -0.2) is 9.97 Å². The second-order valence-corrected chi connectivity index (χ2v) is 6.57. The van der Waals surface area contributed by atoms with Crippen molar-refractivity contribution in [2.45, 2.75) is 0 Å². The normalized spacial score (nSPS) is 11.2.